The average molecular weight is 654 g/mol. The molecule has 2 aromatic carbocycles. The minimum Gasteiger partial charge on any atom is -0.338 e. The molecule has 2 aromatic rings. The number of hydrogen-bond donors (Lipinski definition) is 2. The van der Waals surface area contributed by atoms with Crippen LogP contribution in [0.2, 0.25) is 10.0 Å². The van der Waals surface area contributed by atoms with Gasteiger partial charge in [0.15, 0.2) is 0 Å². The van der Waals surface area contributed by atoms with Gasteiger partial charge in [-0.05, 0) is 66.7 Å². The Kier molecular flexibility index (Phi) is 8.81. The highest BCUT2D eigenvalue weighted by atomic mass is 35.5. The van der Waals surface area contributed by atoms with Gasteiger partial charge in [0.25, 0.3) is 0 Å². The summed E-state index contributed by atoms with van der Waals surface area (Å²) >= 11 is 12.6. The van der Waals surface area contributed by atoms with Crippen LogP contribution in [-0.4, -0.2) is 62.0 Å². The van der Waals surface area contributed by atoms with Crippen LogP contribution in [0, 0.1) is 23.1 Å². The van der Waals surface area contributed by atoms with Crippen molar-refractivity contribution in [1.29, 1.82) is 0 Å². The summed E-state index contributed by atoms with van der Waals surface area (Å²) in [6.45, 7) is 7.81. The van der Waals surface area contributed by atoms with E-state index >= 15 is 4.39 Å². The van der Waals surface area contributed by atoms with Crippen LogP contribution in [0.3, 0.4) is 0 Å². The number of urea groups is 1. The number of likely N-dealkylation sites (tertiary alicyclic amines) is 1. The first-order valence-electron chi connectivity index (χ1n) is 14.7. The summed E-state index contributed by atoms with van der Waals surface area (Å²) in [4.78, 5) is 29.8. The number of benzene rings is 2. The topological polar surface area (TPSA) is 98.8 Å². The van der Waals surface area contributed by atoms with Gasteiger partial charge in [0.05, 0.1) is 17.3 Å². The van der Waals surface area contributed by atoms with Gasteiger partial charge in [-0.1, -0.05) is 62.2 Å². The van der Waals surface area contributed by atoms with Gasteiger partial charge in [-0.15, -0.1) is 0 Å². The molecule has 2 saturated heterocycles. The van der Waals surface area contributed by atoms with E-state index in [1.165, 1.54) is 16.6 Å². The van der Waals surface area contributed by atoms with E-state index in [-0.39, 0.29) is 46.3 Å². The Morgan fingerprint density at radius 2 is 1.86 bits per heavy atom. The zero-order chi connectivity index (χ0) is 31.3. The van der Waals surface area contributed by atoms with E-state index in [9.17, 15) is 18.0 Å². The lowest BCUT2D eigenvalue weighted by Crippen LogP contribution is -2.48. The number of sulfonamides is 1. The van der Waals surface area contributed by atoms with Gasteiger partial charge in [-0.2, -0.15) is 0 Å². The Labute approximate surface area is 263 Å². The molecule has 43 heavy (non-hydrogen) atoms. The van der Waals surface area contributed by atoms with Crippen molar-refractivity contribution in [3.05, 3.63) is 63.4 Å². The zero-order valence-corrected chi connectivity index (χ0v) is 27.3. The summed E-state index contributed by atoms with van der Waals surface area (Å²) in [5.41, 5.74) is -0.0305. The number of rotatable bonds is 6. The maximum atomic E-state index is 15.9. The smallest absolute Gasteiger partial charge is 0.317 e. The normalized spacial score (nSPS) is 24.8. The number of nitrogens with zero attached hydrogens (tertiary/aromatic N) is 2. The molecule has 0 aliphatic carbocycles. The molecule has 0 radical (unpaired) electrons. The molecule has 8 nitrogen and oxygen atoms in total. The Bertz CT molecular complexity index is 1520. The van der Waals surface area contributed by atoms with E-state index in [1.807, 2.05) is 6.07 Å². The number of fused-ring (bicyclic) bond motifs is 2. The largest absolute Gasteiger partial charge is 0.338 e. The third-order valence-electron chi connectivity index (χ3n) is 9.12. The second kappa shape index (κ2) is 11.8. The van der Waals surface area contributed by atoms with Gasteiger partial charge >= 0.3 is 6.03 Å². The van der Waals surface area contributed by atoms with E-state index in [2.05, 4.69) is 31.4 Å². The van der Waals surface area contributed by atoms with Crippen LogP contribution < -0.4 is 10.6 Å². The fraction of sp³-hybridized carbons (Fsp3) is 0.548. The van der Waals surface area contributed by atoms with Crippen molar-refractivity contribution in [2.45, 2.75) is 57.9 Å². The highest BCUT2D eigenvalue weighted by Gasteiger charge is 2.65. The lowest BCUT2D eigenvalue weighted by atomic mass is 9.63. The number of nitrogens with one attached hydrogen (secondary N) is 2. The fourth-order valence-corrected chi connectivity index (χ4v) is 8.51. The molecule has 3 aliphatic rings. The first-order valence-corrected chi connectivity index (χ1v) is 17.3. The van der Waals surface area contributed by atoms with E-state index in [0.29, 0.717) is 48.7 Å². The first-order chi connectivity index (χ1) is 20.1. The molecule has 1 spiro atoms. The van der Waals surface area contributed by atoms with Crippen LogP contribution in [0.1, 0.15) is 63.6 Å². The van der Waals surface area contributed by atoms with Crippen molar-refractivity contribution in [2.24, 2.45) is 17.3 Å². The van der Waals surface area contributed by atoms with Crippen molar-refractivity contribution >= 4 is 50.9 Å². The van der Waals surface area contributed by atoms with Crippen LogP contribution in [0.15, 0.2) is 36.4 Å². The molecular formula is C31H39Cl2FN4O4S. The minimum atomic E-state index is -3.21. The van der Waals surface area contributed by atoms with Gasteiger partial charge in [0.1, 0.15) is 11.2 Å². The average Bonchev–Trinajstić information content (AvgIpc) is 3.39. The Hall–Kier alpha value is -2.40. The molecule has 0 aromatic heterocycles. The number of piperidine rings is 1. The number of carbonyl (C=O) groups excluding carboxylic acids is 2. The molecule has 2 fully saturated rings. The number of amides is 3. The monoisotopic (exact) mass is 652 g/mol. The SMILES string of the molecule is CC(C)(C)CC1CN(C(=O)NCCC2CCN(S(C)(=O)=O)CC2)C(c2cccc(Cl)c2F)C12C(=O)Nc1cc(Cl)ccc12. The van der Waals surface area contributed by atoms with Crippen molar-refractivity contribution in [1.82, 2.24) is 14.5 Å². The summed E-state index contributed by atoms with van der Waals surface area (Å²) in [6.07, 6.45) is 3.95. The first kappa shape index (κ1) is 32.0. The highest BCUT2D eigenvalue weighted by molar-refractivity contribution is 7.88. The summed E-state index contributed by atoms with van der Waals surface area (Å²) in [7, 11) is -3.21. The number of anilines is 1. The molecule has 3 amide bonds. The molecule has 3 aliphatic heterocycles. The van der Waals surface area contributed by atoms with E-state index < -0.39 is 27.3 Å². The van der Waals surface area contributed by atoms with Crippen molar-refractivity contribution in [3.63, 3.8) is 0 Å². The quantitative estimate of drug-likeness (QED) is 0.388. The lowest BCUT2D eigenvalue weighted by Gasteiger charge is -2.38. The van der Waals surface area contributed by atoms with Gasteiger partial charge in [0.2, 0.25) is 15.9 Å². The van der Waals surface area contributed by atoms with Crippen LogP contribution in [0.25, 0.3) is 0 Å². The van der Waals surface area contributed by atoms with Gasteiger partial charge in [0, 0.05) is 42.5 Å². The molecule has 3 atom stereocenters. The van der Waals surface area contributed by atoms with Gasteiger partial charge in [-0.3, -0.25) is 4.79 Å². The zero-order valence-electron chi connectivity index (χ0n) is 24.9. The third-order valence-corrected chi connectivity index (χ3v) is 11.0. The molecule has 3 heterocycles. The molecular weight excluding hydrogens is 614 g/mol. The Morgan fingerprint density at radius 1 is 1.16 bits per heavy atom. The van der Waals surface area contributed by atoms with E-state index in [4.69, 9.17) is 23.2 Å². The Balaban J connectivity index is 1.48. The molecule has 12 heteroatoms. The van der Waals surface area contributed by atoms with Gasteiger partial charge in [-0.25, -0.2) is 21.9 Å². The van der Waals surface area contributed by atoms with Crippen molar-refractivity contribution in [2.75, 3.05) is 37.8 Å². The minimum absolute atomic E-state index is 0.0811. The summed E-state index contributed by atoms with van der Waals surface area (Å²) in [5.74, 6) is -1.01. The van der Waals surface area contributed by atoms with E-state index in [1.54, 1.807) is 29.2 Å². The van der Waals surface area contributed by atoms with Crippen LogP contribution in [0.5, 0.6) is 0 Å². The number of hydrogen-bond acceptors (Lipinski definition) is 4. The second-order valence-corrected chi connectivity index (χ2v) is 16.1. The molecule has 0 bridgehead atoms. The predicted molar refractivity (Wildman–Crippen MR) is 167 cm³/mol. The highest BCUT2D eigenvalue weighted by Crippen LogP contribution is 2.60. The molecule has 3 unspecified atom stereocenters. The number of halogens is 3. The molecule has 2 N–H and O–H groups in total. The molecule has 234 valence electrons. The van der Waals surface area contributed by atoms with Gasteiger partial charge < -0.3 is 15.5 Å². The molecule has 5 rings (SSSR count). The van der Waals surface area contributed by atoms with Crippen LogP contribution in [-0.2, 0) is 20.2 Å². The Morgan fingerprint density at radius 3 is 2.51 bits per heavy atom. The van der Waals surface area contributed by atoms with Crippen molar-refractivity contribution in [3.8, 4) is 0 Å². The fourth-order valence-electron chi connectivity index (χ4n) is 7.29. The second-order valence-electron chi connectivity index (χ2n) is 13.3. The summed E-state index contributed by atoms with van der Waals surface area (Å²) in [5, 5.41) is 6.41. The maximum absolute atomic E-state index is 15.9. The summed E-state index contributed by atoms with van der Waals surface area (Å²) in [6, 6.07) is 8.58. The lowest BCUT2D eigenvalue weighted by molar-refractivity contribution is -0.123. The van der Waals surface area contributed by atoms with Crippen LogP contribution in [0.4, 0.5) is 14.9 Å². The standard InChI is InChI=1S/C31H39Cl2FN4O4S/c1-30(2,3)17-20-18-38(29(40)35-13-10-19-11-14-37(15-12-19)43(4,41)42)27(22-6-5-7-24(33)26(22)34)31(20)23-9-8-21(32)16-25(23)36-28(31)39/h5-9,16,19-20,27H,10-15,17-18H2,1-4H3,(H,35,40)(H,36,39). The maximum Gasteiger partial charge on any atom is 0.317 e. The van der Waals surface area contributed by atoms with E-state index in [0.717, 1.165) is 12.8 Å². The van der Waals surface area contributed by atoms with Crippen LogP contribution >= 0.6 is 23.2 Å². The summed E-state index contributed by atoms with van der Waals surface area (Å²) < 4.78 is 41.1. The van der Waals surface area contributed by atoms with Crippen molar-refractivity contribution < 1.29 is 22.4 Å². The molecule has 0 saturated carbocycles. The predicted octanol–water partition coefficient (Wildman–Crippen LogP) is 6.20. The number of carbonyl (C=O) groups is 2. The third kappa shape index (κ3) is 6.13.